The summed E-state index contributed by atoms with van der Waals surface area (Å²) in [4.78, 5) is 23.6. The van der Waals surface area contributed by atoms with Crippen LogP contribution in [-0.2, 0) is 4.74 Å². The molecule has 2 aromatic rings. The topological polar surface area (TPSA) is 55.4 Å². The summed E-state index contributed by atoms with van der Waals surface area (Å²) in [6.45, 7) is 2.07. The molecule has 20 heavy (non-hydrogen) atoms. The van der Waals surface area contributed by atoms with E-state index in [2.05, 4.69) is 21.2 Å². The fourth-order valence-corrected chi connectivity index (χ4v) is 2.71. The number of ether oxygens (including phenoxy) is 1. The highest BCUT2D eigenvalue weighted by molar-refractivity contribution is 9.11. The largest absolute Gasteiger partial charge is 0.462 e. The fraction of sp³-hybridized carbons (Fsp3) is 0.143. The molecule has 0 radical (unpaired) electrons. The number of esters is 1. The molecule has 1 aromatic carbocycles. The molecule has 0 unspecified atom stereocenters. The molecular weight excluding hydrogens is 342 g/mol. The van der Waals surface area contributed by atoms with Crippen molar-refractivity contribution in [3.8, 4) is 0 Å². The van der Waals surface area contributed by atoms with Crippen LogP contribution in [0.25, 0.3) is 0 Å². The third kappa shape index (κ3) is 3.68. The number of carbonyl (C=O) groups is 2. The number of hydrogen-bond donors (Lipinski definition) is 1. The lowest BCUT2D eigenvalue weighted by atomic mass is 10.2. The van der Waals surface area contributed by atoms with Gasteiger partial charge in [-0.3, -0.25) is 4.79 Å². The zero-order valence-corrected chi connectivity index (χ0v) is 13.1. The Labute approximate surface area is 128 Å². The first-order chi connectivity index (χ1) is 9.60. The molecule has 0 fully saturated rings. The van der Waals surface area contributed by atoms with Crippen molar-refractivity contribution >= 4 is 44.8 Å². The molecule has 6 heteroatoms. The summed E-state index contributed by atoms with van der Waals surface area (Å²) in [5, 5.41) is 4.51. The van der Waals surface area contributed by atoms with Crippen LogP contribution in [0.3, 0.4) is 0 Å². The molecular formula is C14H12BrNO3S. The molecule has 0 aliphatic carbocycles. The monoisotopic (exact) mass is 353 g/mol. The normalized spacial score (nSPS) is 10.1. The quantitative estimate of drug-likeness (QED) is 0.847. The average molecular weight is 354 g/mol. The van der Waals surface area contributed by atoms with Crippen molar-refractivity contribution in [3.05, 3.63) is 50.6 Å². The first-order valence-electron chi connectivity index (χ1n) is 5.92. The number of nitrogens with one attached hydrogen (secondary N) is 1. The van der Waals surface area contributed by atoms with Gasteiger partial charge >= 0.3 is 5.97 Å². The molecule has 0 atom stereocenters. The predicted octanol–water partition coefficient (Wildman–Crippen LogP) is 3.94. The van der Waals surface area contributed by atoms with E-state index in [0.29, 0.717) is 23.4 Å². The van der Waals surface area contributed by atoms with Gasteiger partial charge in [-0.15, -0.1) is 11.3 Å². The van der Waals surface area contributed by atoms with E-state index in [4.69, 9.17) is 4.74 Å². The summed E-state index contributed by atoms with van der Waals surface area (Å²) >= 11 is 4.75. The number of benzene rings is 1. The Morgan fingerprint density at radius 3 is 2.75 bits per heavy atom. The van der Waals surface area contributed by atoms with Crippen LogP contribution in [0.1, 0.15) is 27.6 Å². The Hall–Kier alpha value is -1.66. The molecule has 0 bridgehead atoms. The van der Waals surface area contributed by atoms with Gasteiger partial charge in [0.25, 0.3) is 5.91 Å². The molecule has 2 rings (SSSR count). The number of anilines is 1. The Kier molecular flexibility index (Phi) is 4.92. The third-order valence-corrected chi connectivity index (χ3v) is 3.97. The molecule has 0 saturated heterocycles. The maximum atomic E-state index is 12.0. The second-order valence-electron chi connectivity index (χ2n) is 3.89. The summed E-state index contributed by atoms with van der Waals surface area (Å²) < 4.78 is 5.81. The van der Waals surface area contributed by atoms with Crippen molar-refractivity contribution in [1.29, 1.82) is 0 Å². The van der Waals surface area contributed by atoms with E-state index in [9.17, 15) is 9.59 Å². The van der Waals surface area contributed by atoms with Crippen molar-refractivity contribution in [2.24, 2.45) is 0 Å². The van der Waals surface area contributed by atoms with Crippen LogP contribution < -0.4 is 5.32 Å². The Morgan fingerprint density at radius 1 is 1.30 bits per heavy atom. The number of rotatable bonds is 4. The molecule has 1 amide bonds. The molecule has 4 nitrogen and oxygen atoms in total. The molecule has 0 spiro atoms. The maximum Gasteiger partial charge on any atom is 0.338 e. The SMILES string of the molecule is CCOC(=O)c1cccc(NC(=O)c2csc(Br)c2)c1. The lowest BCUT2D eigenvalue weighted by Crippen LogP contribution is -2.12. The van der Waals surface area contributed by atoms with E-state index >= 15 is 0 Å². The highest BCUT2D eigenvalue weighted by atomic mass is 79.9. The van der Waals surface area contributed by atoms with Crippen molar-refractivity contribution < 1.29 is 14.3 Å². The molecule has 0 aliphatic rings. The van der Waals surface area contributed by atoms with Crippen LogP contribution in [0.5, 0.6) is 0 Å². The average Bonchev–Trinajstić information content (AvgIpc) is 2.86. The van der Waals surface area contributed by atoms with Gasteiger partial charge in [-0.1, -0.05) is 6.07 Å². The number of carbonyl (C=O) groups excluding carboxylic acids is 2. The van der Waals surface area contributed by atoms with Crippen LogP contribution >= 0.6 is 27.3 Å². The van der Waals surface area contributed by atoms with Gasteiger partial charge in [0.15, 0.2) is 0 Å². The standard InChI is InChI=1S/C14H12BrNO3S/c1-2-19-14(18)9-4-3-5-11(6-9)16-13(17)10-7-12(15)20-8-10/h3-8H,2H2,1H3,(H,16,17). The van der Waals surface area contributed by atoms with Gasteiger partial charge in [0.05, 0.1) is 21.5 Å². The lowest BCUT2D eigenvalue weighted by molar-refractivity contribution is 0.0526. The second-order valence-corrected chi connectivity index (χ2v) is 6.19. The van der Waals surface area contributed by atoms with Gasteiger partial charge in [-0.25, -0.2) is 4.79 Å². The second kappa shape index (κ2) is 6.67. The Morgan fingerprint density at radius 2 is 2.10 bits per heavy atom. The van der Waals surface area contributed by atoms with E-state index in [1.165, 1.54) is 11.3 Å². The molecule has 104 valence electrons. The zero-order valence-electron chi connectivity index (χ0n) is 10.7. The van der Waals surface area contributed by atoms with Crippen LogP contribution in [-0.4, -0.2) is 18.5 Å². The fourth-order valence-electron chi connectivity index (χ4n) is 1.57. The highest BCUT2D eigenvalue weighted by Gasteiger charge is 2.10. The molecule has 1 aromatic heterocycles. The van der Waals surface area contributed by atoms with Crippen molar-refractivity contribution in [2.45, 2.75) is 6.92 Å². The molecule has 0 saturated carbocycles. The van der Waals surface area contributed by atoms with E-state index in [-0.39, 0.29) is 5.91 Å². The minimum Gasteiger partial charge on any atom is -0.462 e. The van der Waals surface area contributed by atoms with Gasteiger partial charge in [0.2, 0.25) is 0 Å². The van der Waals surface area contributed by atoms with Gasteiger partial charge in [0, 0.05) is 11.1 Å². The van der Waals surface area contributed by atoms with Crippen LogP contribution in [0.4, 0.5) is 5.69 Å². The minimum atomic E-state index is -0.401. The first-order valence-corrected chi connectivity index (χ1v) is 7.60. The number of thiophene rings is 1. The predicted molar refractivity (Wildman–Crippen MR) is 82.4 cm³/mol. The van der Waals surface area contributed by atoms with Crippen molar-refractivity contribution in [2.75, 3.05) is 11.9 Å². The summed E-state index contributed by atoms with van der Waals surface area (Å²) in [6, 6.07) is 8.41. The maximum absolute atomic E-state index is 12.0. The first kappa shape index (κ1) is 14.7. The summed E-state index contributed by atoms with van der Waals surface area (Å²) in [6.07, 6.45) is 0. The van der Waals surface area contributed by atoms with Crippen LogP contribution in [0.15, 0.2) is 39.5 Å². The van der Waals surface area contributed by atoms with E-state index < -0.39 is 5.97 Å². The summed E-state index contributed by atoms with van der Waals surface area (Å²) in [5.41, 5.74) is 1.54. The summed E-state index contributed by atoms with van der Waals surface area (Å²) in [7, 11) is 0. The van der Waals surface area contributed by atoms with E-state index in [1.807, 2.05) is 0 Å². The molecule has 1 N–H and O–H groups in total. The van der Waals surface area contributed by atoms with Gasteiger partial charge in [0.1, 0.15) is 0 Å². The Bertz CT molecular complexity index is 639. The van der Waals surface area contributed by atoms with E-state index in [1.54, 1.807) is 42.6 Å². The van der Waals surface area contributed by atoms with Gasteiger partial charge < -0.3 is 10.1 Å². The van der Waals surface area contributed by atoms with Crippen molar-refractivity contribution in [1.82, 2.24) is 0 Å². The minimum absolute atomic E-state index is 0.215. The Balaban J connectivity index is 2.12. The van der Waals surface area contributed by atoms with E-state index in [0.717, 1.165) is 3.79 Å². The van der Waals surface area contributed by atoms with Crippen LogP contribution in [0, 0.1) is 0 Å². The number of hydrogen-bond acceptors (Lipinski definition) is 4. The van der Waals surface area contributed by atoms with Crippen molar-refractivity contribution in [3.63, 3.8) is 0 Å². The summed E-state index contributed by atoms with van der Waals surface area (Å²) in [5.74, 6) is -0.616. The zero-order chi connectivity index (χ0) is 14.5. The van der Waals surface area contributed by atoms with Gasteiger partial charge in [-0.05, 0) is 47.1 Å². The van der Waals surface area contributed by atoms with Crippen LogP contribution in [0.2, 0.25) is 0 Å². The molecule has 0 aliphatic heterocycles. The van der Waals surface area contributed by atoms with Gasteiger partial charge in [-0.2, -0.15) is 0 Å². The highest BCUT2D eigenvalue weighted by Crippen LogP contribution is 2.21. The third-order valence-electron chi connectivity index (χ3n) is 2.46. The number of halogens is 1. The smallest absolute Gasteiger partial charge is 0.338 e. The number of amides is 1. The lowest BCUT2D eigenvalue weighted by Gasteiger charge is -2.06. The molecule has 1 heterocycles.